The summed E-state index contributed by atoms with van der Waals surface area (Å²) in [5.74, 6) is 0. The zero-order chi connectivity index (χ0) is 7.98. The lowest BCUT2D eigenvalue weighted by Crippen LogP contribution is -2.41. The summed E-state index contributed by atoms with van der Waals surface area (Å²) in [5.41, 5.74) is 5.84. The van der Waals surface area contributed by atoms with Crippen LogP contribution in [0.25, 0.3) is 0 Å². The molecule has 0 aromatic rings. The van der Waals surface area contributed by atoms with Crippen LogP contribution in [-0.2, 0) is 0 Å². The molecule has 0 bridgehead atoms. The molecule has 2 nitrogen and oxygen atoms in total. The van der Waals surface area contributed by atoms with Gasteiger partial charge in [0.15, 0.2) is 0 Å². The number of nitrogens with zero attached hydrogens (tertiary/aromatic N) is 1. The van der Waals surface area contributed by atoms with Crippen molar-refractivity contribution in [2.45, 2.75) is 32.9 Å². The van der Waals surface area contributed by atoms with Gasteiger partial charge in [-0.2, -0.15) is 0 Å². The Morgan fingerprint density at radius 2 is 1.90 bits per heavy atom. The molecule has 61 valence electrons. The van der Waals surface area contributed by atoms with Crippen LogP contribution in [-0.4, -0.2) is 24.2 Å². The number of nitrogens with two attached hydrogens (primary N) is 1. The predicted octanol–water partition coefficient (Wildman–Crippen LogP) is 1.23. The monoisotopic (exact) mass is 143 g/mol. The van der Waals surface area contributed by atoms with E-state index < -0.39 is 0 Å². The van der Waals surface area contributed by atoms with E-state index in [4.69, 9.17) is 5.73 Å². The molecule has 0 fully saturated rings. The summed E-state index contributed by atoms with van der Waals surface area (Å²) in [6.45, 7) is 10.1. The van der Waals surface area contributed by atoms with Crippen molar-refractivity contribution in [1.29, 1.82) is 0 Å². The van der Waals surface area contributed by atoms with E-state index in [2.05, 4.69) is 25.7 Å². The van der Waals surface area contributed by atoms with Gasteiger partial charge in [-0.3, -0.25) is 4.90 Å². The van der Waals surface area contributed by atoms with Crippen LogP contribution in [0, 0.1) is 6.92 Å². The van der Waals surface area contributed by atoms with E-state index in [0.29, 0.717) is 0 Å². The third-order valence-corrected chi connectivity index (χ3v) is 1.78. The minimum atomic E-state index is 0.215. The Hall–Kier alpha value is -0.0800. The van der Waals surface area contributed by atoms with Gasteiger partial charge < -0.3 is 5.73 Å². The van der Waals surface area contributed by atoms with Gasteiger partial charge in [-0.05, 0) is 19.5 Å². The quantitative estimate of drug-likeness (QED) is 0.586. The van der Waals surface area contributed by atoms with Gasteiger partial charge in [-0.25, -0.2) is 0 Å². The summed E-state index contributed by atoms with van der Waals surface area (Å²) in [5, 5.41) is 0. The minimum absolute atomic E-state index is 0.215. The molecule has 0 amide bonds. The topological polar surface area (TPSA) is 29.3 Å². The Kier molecular flexibility index (Phi) is 5.64. The lowest BCUT2D eigenvalue weighted by Gasteiger charge is -2.25. The molecule has 0 rings (SSSR count). The molecule has 2 N–H and O–H groups in total. The van der Waals surface area contributed by atoms with Crippen molar-refractivity contribution in [2.75, 3.05) is 13.1 Å². The van der Waals surface area contributed by atoms with E-state index in [-0.39, 0.29) is 6.17 Å². The van der Waals surface area contributed by atoms with Gasteiger partial charge in [0.2, 0.25) is 0 Å². The first kappa shape index (κ1) is 9.92. The van der Waals surface area contributed by atoms with Crippen LogP contribution < -0.4 is 5.73 Å². The molecule has 1 radical (unpaired) electrons. The van der Waals surface area contributed by atoms with E-state index in [9.17, 15) is 0 Å². The predicted molar refractivity (Wildman–Crippen MR) is 45.5 cm³/mol. The maximum atomic E-state index is 5.84. The fourth-order valence-corrected chi connectivity index (χ4v) is 1.08. The van der Waals surface area contributed by atoms with Crippen molar-refractivity contribution < 1.29 is 0 Å². The third kappa shape index (κ3) is 3.18. The Balaban J connectivity index is 3.53. The highest BCUT2D eigenvalue weighted by Gasteiger charge is 2.07. The van der Waals surface area contributed by atoms with Crippen molar-refractivity contribution in [2.24, 2.45) is 5.73 Å². The second-order valence-electron chi connectivity index (χ2n) is 2.43. The molecule has 2 heteroatoms. The molecule has 1 unspecified atom stereocenters. The highest BCUT2D eigenvalue weighted by molar-refractivity contribution is 4.62. The average Bonchev–Trinajstić information content (AvgIpc) is 1.91. The van der Waals surface area contributed by atoms with Gasteiger partial charge >= 0.3 is 0 Å². The van der Waals surface area contributed by atoms with Gasteiger partial charge in [-0.1, -0.05) is 27.2 Å². The summed E-state index contributed by atoms with van der Waals surface area (Å²) in [6, 6.07) is 0. The molecule has 0 saturated heterocycles. The van der Waals surface area contributed by atoms with Crippen molar-refractivity contribution in [3.05, 3.63) is 6.92 Å². The second kappa shape index (κ2) is 5.69. The Morgan fingerprint density at radius 1 is 1.40 bits per heavy atom. The molecular formula is C8H19N2. The van der Waals surface area contributed by atoms with Crippen LogP contribution in [0.15, 0.2) is 0 Å². The maximum Gasteiger partial charge on any atom is 0.0571 e. The van der Waals surface area contributed by atoms with Crippen molar-refractivity contribution >= 4 is 0 Å². The van der Waals surface area contributed by atoms with Crippen LogP contribution in [0.4, 0.5) is 0 Å². The van der Waals surface area contributed by atoms with Crippen LogP contribution in [0.2, 0.25) is 0 Å². The van der Waals surface area contributed by atoms with Crippen LogP contribution >= 0.6 is 0 Å². The highest BCUT2D eigenvalue weighted by Crippen LogP contribution is 1.99. The fourth-order valence-electron chi connectivity index (χ4n) is 1.08. The standard InChI is InChI=1S/C8H19N2/c1-4-7-8(9)10(5-2)6-3/h8H,1,4-7,9H2,2-3H3. The number of hydrogen-bond acceptors (Lipinski definition) is 2. The Bertz CT molecular complexity index is 69.7. The van der Waals surface area contributed by atoms with E-state index in [1.165, 1.54) is 0 Å². The molecule has 0 aliphatic heterocycles. The average molecular weight is 143 g/mol. The molecule has 0 aliphatic carbocycles. The molecule has 0 spiro atoms. The Labute approximate surface area is 64.4 Å². The third-order valence-electron chi connectivity index (χ3n) is 1.78. The molecule has 1 atom stereocenters. The first-order valence-electron chi connectivity index (χ1n) is 4.05. The van der Waals surface area contributed by atoms with Crippen LogP contribution in [0.5, 0.6) is 0 Å². The minimum Gasteiger partial charge on any atom is -0.316 e. The SMILES string of the molecule is [CH2]CCC(N)N(CC)CC. The maximum absolute atomic E-state index is 5.84. The van der Waals surface area contributed by atoms with Gasteiger partial charge in [0.05, 0.1) is 6.17 Å². The zero-order valence-corrected chi connectivity index (χ0v) is 7.14. The second-order valence-corrected chi connectivity index (χ2v) is 2.43. The lowest BCUT2D eigenvalue weighted by atomic mass is 10.2. The van der Waals surface area contributed by atoms with Gasteiger partial charge in [0, 0.05) is 0 Å². The van der Waals surface area contributed by atoms with Crippen LogP contribution in [0.1, 0.15) is 26.7 Å². The smallest absolute Gasteiger partial charge is 0.0571 e. The van der Waals surface area contributed by atoms with Crippen molar-refractivity contribution in [3.63, 3.8) is 0 Å². The van der Waals surface area contributed by atoms with Gasteiger partial charge in [-0.15, -0.1) is 0 Å². The molecular weight excluding hydrogens is 124 g/mol. The summed E-state index contributed by atoms with van der Waals surface area (Å²) >= 11 is 0. The molecule has 10 heavy (non-hydrogen) atoms. The number of rotatable bonds is 5. The van der Waals surface area contributed by atoms with E-state index in [1.807, 2.05) is 0 Å². The molecule has 0 heterocycles. The largest absolute Gasteiger partial charge is 0.316 e. The van der Waals surface area contributed by atoms with Crippen molar-refractivity contribution in [1.82, 2.24) is 4.90 Å². The van der Waals surface area contributed by atoms with E-state index >= 15 is 0 Å². The molecule has 0 aliphatic rings. The molecule has 0 aromatic carbocycles. The molecule has 0 aromatic heterocycles. The summed E-state index contributed by atoms with van der Waals surface area (Å²) in [4.78, 5) is 2.24. The fraction of sp³-hybridized carbons (Fsp3) is 0.875. The van der Waals surface area contributed by atoms with E-state index in [0.717, 1.165) is 25.9 Å². The van der Waals surface area contributed by atoms with Crippen LogP contribution in [0.3, 0.4) is 0 Å². The van der Waals surface area contributed by atoms with Gasteiger partial charge in [0.1, 0.15) is 0 Å². The highest BCUT2D eigenvalue weighted by atomic mass is 15.2. The first-order chi connectivity index (χ1) is 4.76. The molecule has 0 saturated carbocycles. The summed E-state index contributed by atoms with van der Waals surface area (Å²) < 4.78 is 0. The first-order valence-corrected chi connectivity index (χ1v) is 4.05. The summed E-state index contributed by atoms with van der Waals surface area (Å²) in [6.07, 6.45) is 2.15. The normalized spacial score (nSPS) is 14.1. The zero-order valence-electron chi connectivity index (χ0n) is 7.14. The Morgan fingerprint density at radius 3 is 2.20 bits per heavy atom. The van der Waals surface area contributed by atoms with Gasteiger partial charge in [0.25, 0.3) is 0 Å². The van der Waals surface area contributed by atoms with E-state index in [1.54, 1.807) is 0 Å². The number of hydrogen-bond donors (Lipinski definition) is 1. The van der Waals surface area contributed by atoms with Crippen molar-refractivity contribution in [3.8, 4) is 0 Å². The summed E-state index contributed by atoms with van der Waals surface area (Å²) in [7, 11) is 0. The lowest BCUT2D eigenvalue weighted by molar-refractivity contribution is 0.212.